The number of sulfonamides is 1. The van der Waals surface area contributed by atoms with Gasteiger partial charge in [-0.2, -0.15) is 0 Å². The van der Waals surface area contributed by atoms with Gasteiger partial charge in [-0.25, -0.2) is 12.7 Å². The van der Waals surface area contributed by atoms with E-state index >= 15 is 0 Å². The van der Waals surface area contributed by atoms with Crippen molar-refractivity contribution in [3.05, 3.63) is 64.2 Å². The van der Waals surface area contributed by atoms with Crippen LogP contribution >= 0.6 is 11.6 Å². The number of carbonyl (C=O) groups excluding carboxylic acids is 1. The van der Waals surface area contributed by atoms with Crippen LogP contribution < -0.4 is 5.32 Å². The first-order chi connectivity index (χ1) is 11.6. The molecule has 5 nitrogen and oxygen atoms in total. The van der Waals surface area contributed by atoms with Crippen molar-refractivity contribution in [2.75, 3.05) is 14.1 Å². The third-order valence-corrected chi connectivity index (χ3v) is 6.10. The van der Waals surface area contributed by atoms with Crippen molar-refractivity contribution in [1.29, 1.82) is 0 Å². The molecule has 0 fully saturated rings. The summed E-state index contributed by atoms with van der Waals surface area (Å²) in [6, 6.07) is 11.6. The lowest BCUT2D eigenvalue weighted by molar-refractivity contribution is 0.0939. The second-order valence-corrected chi connectivity index (χ2v) is 8.54. The van der Waals surface area contributed by atoms with Gasteiger partial charge in [-0.3, -0.25) is 4.79 Å². The van der Waals surface area contributed by atoms with Crippen LogP contribution in [0.5, 0.6) is 0 Å². The van der Waals surface area contributed by atoms with Crippen molar-refractivity contribution in [2.45, 2.75) is 24.8 Å². The molecule has 0 radical (unpaired) electrons. The maximum absolute atomic E-state index is 12.6. The highest BCUT2D eigenvalue weighted by atomic mass is 35.5. The number of carbonyl (C=O) groups is 1. The van der Waals surface area contributed by atoms with Crippen molar-refractivity contribution in [3.8, 4) is 0 Å². The van der Waals surface area contributed by atoms with Gasteiger partial charge in [0.25, 0.3) is 5.91 Å². The van der Waals surface area contributed by atoms with Gasteiger partial charge in [0.1, 0.15) is 0 Å². The number of benzene rings is 2. The molecule has 25 heavy (non-hydrogen) atoms. The summed E-state index contributed by atoms with van der Waals surface area (Å²) in [6.07, 6.45) is 0. The molecule has 0 aliphatic rings. The van der Waals surface area contributed by atoms with E-state index in [1.165, 1.54) is 32.3 Å². The lowest BCUT2D eigenvalue weighted by Gasteiger charge is -2.18. The quantitative estimate of drug-likeness (QED) is 0.864. The highest BCUT2D eigenvalue weighted by Crippen LogP contribution is 2.23. The summed E-state index contributed by atoms with van der Waals surface area (Å²) in [5.41, 5.74) is 2.18. The molecule has 2 aromatic carbocycles. The Bertz CT molecular complexity index is 895. The highest BCUT2D eigenvalue weighted by molar-refractivity contribution is 7.89. The van der Waals surface area contributed by atoms with Gasteiger partial charge in [-0.15, -0.1) is 0 Å². The zero-order valence-corrected chi connectivity index (χ0v) is 16.1. The largest absolute Gasteiger partial charge is 0.345 e. The average molecular weight is 381 g/mol. The molecular weight excluding hydrogens is 360 g/mol. The average Bonchev–Trinajstić information content (AvgIpc) is 2.55. The van der Waals surface area contributed by atoms with Crippen molar-refractivity contribution in [2.24, 2.45) is 0 Å². The van der Waals surface area contributed by atoms with Gasteiger partial charge in [-0.1, -0.05) is 35.9 Å². The van der Waals surface area contributed by atoms with Crippen LogP contribution in [0, 0.1) is 6.92 Å². The molecule has 0 bridgehead atoms. The molecule has 0 aromatic heterocycles. The normalized spacial score (nSPS) is 12.9. The number of nitrogens with zero attached hydrogens (tertiary/aromatic N) is 1. The number of hydrogen-bond donors (Lipinski definition) is 1. The van der Waals surface area contributed by atoms with Gasteiger partial charge in [0.2, 0.25) is 10.0 Å². The minimum absolute atomic E-state index is 0.0237. The summed E-state index contributed by atoms with van der Waals surface area (Å²) in [4.78, 5) is 12.6. The SMILES string of the molecule is Cc1ccccc1C(C)NC(=O)c1cc(S(=O)(=O)N(C)C)ccc1Cl. The maximum atomic E-state index is 12.6. The first-order valence-corrected chi connectivity index (χ1v) is 9.55. The van der Waals surface area contributed by atoms with E-state index in [9.17, 15) is 13.2 Å². The molecule has 1 N–H and O–H groups in total. The Kier molecular flexibility index (Phi) is 5.87. The Hall–Kier alpha value is -1.89. The fraction of sp³-hybridized carbons (Fsp3) is 0.278. The van der Waals surface area contributed by atoms with Crippen molar-refractivity contribution < 1.29 is 13.2 Å². The van der Waals surface area contributed by atoms with Crippen LogP contribution in [0.3, 0.4) is 0 Å². The molecule has 0 heterocycles. The molecule has 0 spiro atoms. The van der Waals surface area contributed by atoms with Gasteiger partial charge in [-0.05, 0) is 43.2 Å². The number of aryl methyl sites for hydroxylation is 1. The van der Waals surface area contributed by atoms with Gasteiger partial charge in [0, 0.05) is 14.1 Å². The molecule has 0 aliphatic carbocycles. The van der Waals surface area contributed by atoms with Crippen molar-refractivity contribution in [1.82, 2.24) is 9.62 Å². The molecule has 0 saturated heterocycles. The second-order valence-electron chi connectivity index (χ2n) is 5.98. The van der Waals surface area contributed by atoms with E-state index in [-0.39, 0.29) is 21.5 Å². The van der Waals surface area contributed by atoms with E-state index in [1.807, 2.05) is 38.1 Å². The molecule has 1 atom stereocenters. The minimum atomic E-state index is -3.64. The number of nitrogens with one attached hydrogen (secondary N) is 1. The maximum Gasteiger partial charge on any atom is 0.253 e. The number of rotatable bonds is 5. The summed E-state index contributed by atoms with van der Waals surface area (Å²) < 4.78 is 25.6. The lowest BCUT2D eigenvalue weighted by atomic mass is 10.0. The Morgan fingerprint density at radius 2 is 1.80 bits per heavy atom. The van der Waals surface area contributed by atoms with Gasteiger partial charge < -0.3 is 5.32 Å². The van der Waals surface area contributed by atoms with Crippen LogP contribution in [0.15, 0.2) is 47.4 Å². The minimum Gasteiger partial charge on any atom is -0.345 e. The van der Waals surface area contributed by atoms with E-state index < -0.39 is 15.9 Å². The summed E-state index contributed by atoms with van der Waals surface area (Å²) in [7, 11) is -0.773. The molecular formula is C18H21ClN2O3S. The zero-order valence-electron chi connectivity index (χ0n) is 14.6. The van der Waals surface area contributed by atoms with Crippen LogP contribution in [0.1, 0.15) is 34.5 Å². The Labute approximate surface area is 153 Å². The van der Waals surface area contributed by atoms with Crippen LogP contribution in [0.4, 0.5) is 0 Å². The Morgan fingerprint density at radius 1 is 1.16 bits per heavy atom. The zero-order chi connectivity index (χ0) is 18.8. The molecule has 7 heteroatoms. The van der Waals surface area contributed by atoms with E-state index in [0.29, 0.717) is 0 Å². The van der Waals surface area contributed by atoms with E-state index in [2.05, 4.69) is 5.32 Å². The van der Waals surface area contributed by atoms with Gasteiger partial charge >= 0.3 is 0 Å². The predicted molar refractivity (Wildman–Crippen MR) is 99.4 cm³/mol. The molecule has 1 amide bonds. The van der Waals surface area contributed by atoms with Crippen LogP contribution in [0.2, 0.25) is 5.02 Å². The first kappa shape index (κ1) is 19.4. The predicted octanol–water partition coefficient (Wildman–Crippen LogP) is 3.39. The third-order valence-electron chi connectivity index (χ3n) is 3.96. The summed E-state index contributed by atoms with van der Waals surface area (Å²) in [5.74, 6) is -0.420. The molecule has 134 valence electrons. The van der Waals surface area contributed by atoms with E-state index in [4.69, 9.17) is 11.6 Å². The summed E-state index contributed by atoms with van der Waals surface area (Å²) >= 11 is 6.11. The smallest absolute Gasteiger partial charge is 0.253 e. The highest BCUT2D eigenvalue weighted by Gasteiger charge is 2.21. The van der Waals surface area contributed by atoms with Crippen LogP contribution in [-0.2, 0) is 10.0 Å². The Balaban J connectivity index is 2.32. The molecule has 1 unspecified atom stereocenters. The third kappa shape index (κ3) is 4.21. The fourth-order valence-corrected chi connectivity index (χ4v) is 3.61. The van der Waals surface area contributed by atoms with Crippen LogP contribution in [0.25, 0.3) is 0 Å². The molecule has 2 rings (SSSR count). The Morgan fingerprint density at radius 3 is 2.40 bits per heavy atom. The number of amides is 1. The van der Waals surface area contributed by atoms with Crippen molar-refractivity contribution >= 4 is 27.5 Å². The molecule has 0 aliphatic heterocycles. The second kappa shape index (κ2) is 7.56. The van der Waals surface area contributed by atoms with Crippen LogP contribution in [-0.4, -0.2) is 32.7 Å². The summed E-state index contributed by atoms with van der Waals surface area (Å²) in [6.45, 7) is 3.84. The monoisotopic (exact) mass is 380 g/mol. The number of halogens is 1. The topological polar surface area (TPSA) is 66.5 Å². The number of hydrogen-bond acceptors (Lipinski definition) is 3. The van der Waals surface area contributed by atoms with Gasteiger partial charge in [0.15, 0.2) is 0 Å². The molecule has 2 aromatic rings. The van der Waals surface area contributed by atoms with E-state index in [0.717, 1.165) is 15.4 Å². The van der Waals surface area contributed by atoms with E-state index in [1.54, 1.807) is 0 Å². The fourth-order valence-electron chi connectivity index (χ4n) is 2.47. The van der Waals surface area contributed by atoms with Crippen molar-refractivity contribution in [3.63, 3.8) is 0 Å². The summed E-state index contributed by atoms with van der Waals surface area (Å²) in [5, 5.41) is 3.07. The first-order valence-electron chi connectivity index (χ1n) is 7.73. The standard InChI is InChI=1S/C18H21ClN2O3S/c1-12-7-5-6-8-15(12)13(2)20-18(22)16-11-14(9-10-17(16)19)25(23,24)21(3)4/h5-11,13H,1-4H3,(H,20,22). The lowest BCUT2D eigenvalue weighted by Crippen LogP contribution is -2.28. The van der Waals surface area contributed by atoms with Gasteiger partial charge in [0.05, 0.1) is 21.5 Å². The molecule has 0 saturated carbocycles.